The van der Waals surface area contributed by atoms with E-state index in [0.717, 1.165) is 28.2 Å². The largest absolute Gasteiger partial charge is 0.494 e. The number of amides is 1. The summed E-state index contributed by atoms with van der Waals surface area (Å²) in [4.78, 5) is 19.3. The molecule has 5 rings (SSSR count). The molecule has 0 spiro atoms. The maximum Gasteiger partial charge on any atom is 0.252 e. The summed E-state index contributed by atoms with van der Waals surface area (Å²) in [6, 6.07) is 22.3. The van der Waals surface area contributed by atoms with Crippen LogP contribution in [0.25, 0.3) is 0 Å². The third-order valence-corrected chi connectivity index (χ3v) is 8.48. The highest BCUT2D eigenvalue weighted by atomic mass is 79.9. The van der Waals surface area contributed by atoms with E-state index in [0.29, 0.717) is 34.9 Å². The van der Waals surface area contributed by atoms with Gasteiger partial charge in [0.1, 0.15) is 17.4 Å². The Labute approximate surface area is 271 Å². The van der Waals surface area contributed by atoms with E-state index in [1.54, 1.807) is 42.5 Å². The lowest BCUT2D eigenvalue weighted by molar-refractivity contribution is -0.129. The van der Waals surface area contributed by atoms with Gasteiger partial charge in [-0.25, -0.2) is 13.8 Å². The number of aliphatic hydroxyl groups excluding tert-OH is 1. The highest BCUT2D eigenvalue weighted by Gasteiger charge is 2.54. The van der Waals surface area contributed by atoms with Crippen molar-refractivity contribution in [2.75, 3.05) is 13.2 Å². The Morgan fingerprint density at radius 2 is 1.80 bits per heavy atom. The molecule has 0 saturated carbocycles. The number of rotatable bonds is 11. The van der Waals surface area contributed by atoms with Crippen LogP contribution in [-0.4, -0.2) is 35.7 Å². The number of aliphatic hydroxyl groups is 1. The van der Waals surface area contributed by atoms with Crippen LogP contribution in [0.4, 0.5) is 8.78 Å². The van der Waals surface area contributed by atoms with Gasteiger partial charge in [-0.05, 0) is 66.2 Å². The molecule has 1 aliphatic rings. The molecule has 0 fully saturated rings. The van der Waals surface area contributed by atoms with Crippen molar-refractivity contribution in [3.63, 3.8) is 0 Å². The lowest BCUT2D eigenvalue weighted by Gasteiger charge is -2.31. The second-order valence-corrected chi connectivity index (χ2v) is 11.8. The number of ether oxygens (including phenoxy) is 2. The summed E-state index contributed by atoms with van der Waals surface area (Å²) in [6.07, 6.45) is -0.457. The van der Waals surface area contributed by atoms with E-state index in [1.807, 2.05) is 24.3 Å². The van der Waals surface area contributed by atoms with Gasteiger partial charge in [0.05, 0.1) is 6.61 Å². The Morgan fingerprint density at radius 1 is 1.02 bits per heavy atom. The van der Waals surface area contributed by atoms with Crippen LogP contribution in [0, 0.1) is 11.6 Å². The quantitative estimate of drug-likeness (QED) is 0.158. The second kappa shape index (κ2) is 14.1. The second-order valence-electron chi connectivity index (χ2n) is 10.1. The summed E-state index contributed by atoms with van der Waals surface area (Å²) in [6.45, 7) is 0.0857. The number of benzene rings is 4. The Kier molecular flexibility index (Phi) is 10.2. The number of carbonyl (C=O) groups excluding carboxylic acids is 1. The van der Waals surface area contributed by atoms with Crippen molar-refractivity contribution in [3.05, 3.63) is 133 Å². The van der Waals surface area contributed by atoms with Gasteiger partial charge in [-0.15, -0.1) is 0 Å². The summed E-state index contributed by atoms with van der Waals surface area (Å²) in [7, 11) is 0. The van der Waals surface area contributed by atoms with Crippen LogP contribution in [0.1, 0.15) is 34.8 Å². The van der Waals surface area contributed by atoms with Crippen molar-refractivity contribution in [3.8, 4) is 5.75 Å². The first-order chi connectivity index (χ1) is 21.2. The number of nitrogens with one attached hydrogen (secondary N) is 1. The van der Waals surface area contributed by atoms with Gasteiger partial charge >= 0.3 is 0 Å². The van der Waals surface area contributed by atoms with Crippen molar-refractivity contribution in [2.45, 2.75) is 31.0 Å². The van der Waals surface area contributed by atoms with Crippen LogP contribution < -0.4 is 10.1 Å². The third-order valence-electron chi connectivity index (χ3n) is 7.14. The molecule has 0 aromatic heterocycles. The van der Waals surface area contributed by atoms with Gasteiger partial charge in [0.15, 0.2) is 11.6 Å². The third kappa shape index (κ3) is 7.07. The van der Waals surface area contributed by atoms with Crippen molar-refractivity contribution >= 4 is 50.9 Å². The van der Waals surface area contributed by atoms with Crippen LogP contribution in [0.5, 0.6) is 5.75 Å². The van der Waals surface area contributed by atoms with Crippen LogP contribution in [0.2, 0.25) is 10.0 Å². The fourth-order valence-corrected chi connectivity index (χ4v) is 5.85. The number of hydrogen-bond donors (Lipinski definition) is 2. The SMILES string of the molecule is O=C(NCc1cc(F)ccc1F)[C@]1(Cc2ccccc2Br)N=C(c2ccc(OCCCO)cc2)O[C@@H]1c1ccc(Cl)cc1Cl. The van der Waals surface area contributed by atoms with Crippen molar-refractivity contribution < 1.29 is 28.2 Å². The van der Waals surface area contributed by atoms with Gasteiger partial charge in [0.2, 0.25) is 5.90 Å². The van der Waals surface area contributed by atoms with E-state index in [2.05, 4.69) is 21.2 Å². The normalized spacial score (nSPS) is 17.6. The molecule has 2 N–H and O–H groups in total. The van der Waals surface area contributed by atoms with Gasteiger partial charge in [0, 0.05) is 57.2 Å². The molecular formula is C33H27BrCl2F2N2O4. The smallest absolute Gasteiger partial charge is 0.252 e. The summed E-state index contributed by atoms with van der Waals surface area (Å²) in [5, 5.41) is 12.5. The first-order valence-electron chi connectivity index (χ1n) is 13.7. The molecule has 0 bridgehead atoms. The van der Waals surface area contributed by atoms with Crippen molar-refractivity contribution in [2.24, 2.45) is 4.99 Å². The van der Waals surface area contributed by atoms with Gasteiger partial charge in [-0.1, -0.05) is 63.4 Å². The number of nitrogens with zero attached hydrogens (tertiary/aromatic N) is 1. The van der Waals surface area contributed by atoms with Gasteiger partial charge < -0.3 is 19.9 Å². The topological polar surface area (TPSA) is 80.2 Å². The van der Waals surface area contributed by atoms with Gasteiger partial charge in [-0.3, -0.25) is 4.79 Å². The molecule has 4 aromatic carbocycles. The molecule has 0 radical (unpaired) electrons. The molecular weight excluding hydrogens is 677 g/mol. The zero-order valence-electron chi connectivity index (χ0n) is 23.2. The van der Waals surface area contributed by atoms with Crippen LogP contribution in [0.3, 0.4) is 0 Å². The summed E-state index contributed by atoms with van der Waals surface area (Å²) >= 11 is 16.5. The number of aliphatic imine (C=N–C) groups is 1. The molecule has 1 amide bonds. The molecule has 1 aliphatic heterocycles. The lowest BCUT2D eigenvalue weighted by Crippen LogP contribution is -2.50. The number of halogens is 5. The van der Waals surface area contributed by atoms with E-state index >= 15 is 0 Å². The van der Waals surface area contributed by atoms with E-state index in [1.165, 1.54) is 0 Å². The first kappa shape index (κ1) is 31.9. The van der Waals surface area contributed by atoms with Crippen LogP contribution >= 0.6 is 39.1 Å². The maximum atomic E-state index is 14.5. The van der Waals surface area contributed by atoms with Crippen molar-refractivity contribution in [1.29, 1.82) is 0 Å². The fraction of sp³-hybridized carbons (Fsp3) is 0.212. The monoisotopic (exact) mass is 702 g/mol. The minimum absolute atomic E-state index is 0.0182. The average Bonchev–Trinajstić information content (AvgIpc) is 3.39. The first-order valence-corrected chi connectivity index (χ1v) is 15.3. The summed E-state index contributed by atoms with van der Waals surface area (Å²) < 4.78 is 41.3. The van der Waals surface area contributed by atoms with Crippen LogP contribution in [-0.2, 0) is 22.5 Å². The Hall–Kier alpha value is -3.50. The molecule has 4 aromatic rings. The predicted molar refractivity (Wildman–Crippen MR) is 169 cm³/mol. The number of carbonyl (C=O) groups is 1. The molecule has 11 heteroatoms. The molecule has 228 valence electrons. The Bertz CT molecular complexity index is 1690. The fourth-order valence-electron chi connectivity index (χ4n) is 4.91. The minimum atomic E-state index is -1.63. The number of hydrogen-bond acceptors (Lipinski definition) is 5. The standard InChI is InChI=1S/C33H27BrCl2F2N2O4/c34-27-5-2-1-4-21(27)18-33(32(42)39-19-22-16-24(37)9-13-29(22)38)30(26-12-8-23(35)17-28(26)36)44-31(40-33)20-6-10-25(11-7-20)43-15-3-14-41/h1-2,4-13,16-17,30,41H,3,14-15,18-19H2,(H,39,42)/t30-,33-/m1/s1. The summed E-state index contributed by atoms with van der Waals surface area (Å²) in [5.74, 6) is -1.09. The maximum absolute atomic E-state index is 14.5. The summed E-state index contributed by atoms with van der Waals surface area (Å²) in [5.41, 5.74) is 0.160. The molecule has 0 unspecified atom stereocenters. The van der Waals surface area contributed by atoms with E-state index in [4.69, 9.17) is 42.8 Å². The van der Waals surface area contributed by atoms with E-state index < -0.39 is 29.2 Å². The highest BCUT2D eigenvalue weighted by Crippen LogP contribution is 2.45. The molecule has 6 nitrogen and oxygen atoms in total. The van der Waals surface area contributed by atoms with Gasteiger partial charge in [-0.2, -0.15) is 0 Å². The Balaban J connectivity index is 1.60. The molecule has 2 atom stereocenters. The molecule has 1 heterocycles. The molecule has 44 heavy (non-hydrogen) atoms. The van der Waals surface area contributed by atoms with E-state index in [-0.39, 0.29) is 36.1 Å². The van der Waals surface area contributed by atoms with Crippen LogP contribution in [0.15, 0.2) is 94.4 Å². The van der Waals surface area contributed by atoms with E-state index in [9.17, 15) is 13.6 Å². The zero-order chi connectivity index (χ0) is 31.3. The molecule has 0 saturated heterocycles. The average molecular weight is 704 g/mol. The van der Waals surface area contributed by atoms with Gasteiger partial charge in [0.25, 0.3) is 5.91 Å². The zero-order valence-corrected chi connectivity index (χ0v) is 26.3. The predicted octanol–water partition coefficient (Wildman–Crippen LogP) is 7.61. The molecule has 0 aliphatic carbocycles. The van der Waals surface area contributed by atoms with Crippen molar-refractivity contribution in [1.82, 2.24) is 5.32 Å². The Morgan fingerprint density at radius 3 is 2.52 bits per heavy atom. The minimum Gasteiger partial charge on any atom is -0.494 e. The lowest BCUT2D eigenvalue weighted by atomic mass is 9.82. The highest BCUT2D eigenvalue weighted by molar-refractivity contribution is 9.10.